The van der Waals surface area contributed by atoms with Gasteiger partial charge in [0.1, 0.15) is 12.1 Å². The van der Waals surface area contributed by atoms with E-state index >= 15 is 0 Å². The Morgan fingerprint density at radius 3 is 2.67 bits per heavy atom. The van der Waals surface area contributed by atoms with Crippen molar-refractivity contribution in [2.45, 2.75) is 31.5 Å². The van der Waals surface area contributed by atoms with Gasteiger partial charge in [0.15, 0.2) is 5.17 Å². The van der Waals surface area contributed by atoms with Gasteiger partial charge in [0.25, 0.3) is 0 Å². The Labute approximate surface area is 164 Å². The van der Waals surface area contributed by atoms with Crippen molar-refractivity contribution >= 4 is 16.9 Å². The summed E-state index contributed by atoms with van der Waals surface area (Å²) in [6, 6.07) is 21.8. The zero-order valence-electron chi connectivity index (χ0n) is 15.3. The fourth-order valence-corrected chi connectivity index (χ4v) is 5.47. The molecule has 1 saturated heterocycles. The van der Waals surface area contributed by atoms with Gasteiger partial charge in [-0.3, -0.25) is 9.98 Å². The first-order valence-electron chi connectivity index (χ1n) is 9.49. The number of aromatic nitrogens is 2. The van der Waals surface area contributed by atoms with E-state index in [1.54, 1.807) is 0 Å². The van der Waals surface area contributed by atoms with Crippen LogP contribution in [-0.2, 0) is 0 Å². The molecule has 5 heteroatoms. The number of benzene rings is 1. The van der Waals surface area contributed by atoms with Crippen LogP contribution >= 0.6 is 11.8 Å². The Bertz CT molecular complexity index is 951. The third-order valence-corrected chi connectivity index (χ3v) is 6.57. The molecule has 0 unspecified atom stereocenters. The summed E-state index contributed by atoms with van der Waals surface area (Å²) in [5, 5.41) is 1.17. The van der Waals surface area contributed by atoms with Crippen molar-refractivity contribution in [1.82, 2.24) is 14.5 Å². The maximum Gasteiger partial charge on any atom is 0.160 e. The van der Waals surface area contributed by atoms with Crippen LogP contribution in [0.15, 0.2) is 78.0 Å². The molecule has 0 amide bonds. The second kappa shape index (κ2) is 6.89. The smallest absolute Gasteiger partial charge is 0.160 e. The molecule has 2 aliphatic rings. The van der Waals surface area contributed by atoms with Gasteiger partial charge in [0.05, 0.1) is 5.69 Å². The first kappa shape index (κ1) is 16.6. The molecule has 0 saturated carbocycles. The van der Waals surface area contributed by atoms with Crippen molar-refractivity contribution in [2.24, 2.45) is 4.99 Å². The van der Waals surface area contributed by atoms with Gasteiger partial charge >= 0.3 is 0 Å². The van der Waals surface area contributed by atoms with E-state index in [1.165, 1.54) is 16.5 Å². The van der Waals surface area contributed by atoms with Crippen LogP contribution < -0.4 is 0 Å². The molecular formula is C22H22N4S. The SMILES string of the molecule is CC[C@@H]1CSC2=N[C@H](c3ccccn3)[C@@H](c3cccn3-c3ccccc3)N21. The van der Waals surface area contributed by atoms with Gasteiger partial charge in [0.2, 0.25) is 0 Å². The molecule has 2 aromatic heterocycles. The highest BCUT2D eigenvalue weighted by atomic mass is 32.2. The fraction of sp³-hybridized carbons (Fsp3) is 0.273. The number of para-hydroxylation sites is 1. The molecule has 2 aliphatic heterocycles. The van der Waals surface area contributed by atoms with Gasteiger partial charge in [-0.05, 0) is 42.8 Å². The Balaban J connectivity index is 1.63. The van der Waals surface area contributed by atoms with E-state index in [4.69, 9.17) is 4.99 Å². The summed E-state index contributed by atoms with van der Waals surface area (Å²) in [7, 11) is 0. The van der Waals surface area contributed by atoms with E-state index < -0.39 is 0 Å². The maximum absolute atomic E-state index is 5.12. The van der Waals surface area contributed by atoms with Crippen molar-refractivity contribution < 1.29 is 0 Å². The number of hydrogen-bond acceptors (Lipinski definition) is 4. The molecule has 4 nitrogen and oxygen atoms in total. The predicted octanol–water partition coefficient (Wildman–Crippen LogP) is 4.85. The van der Waals surface area contributed by atoms with E-state index in [-0.39, 0.29) is 12.1 Å². The maximum atomic E-state index is 5.12. The lowest BCUT2D eigenvalue weighted by Crippen LogP contribution is -2.36. The largest absolute Gasteiger partial charge is 0.337 e. The highest BCUT2D eigenvalue weighted by molar-refractivity contribution is 8.14. The van der Waals surface area contributed by atoms with Crippen LogP contribution in [0.2, 0.25) is 0 Å². The number of fused-ring (bicyclic) bond motifs is 1. The molecule has 1 aromatic carbocycles. The molecule has 27 heavy (non-hydrogen) atoms. The average molecular weight is 375 g/mol. The summed E-state index contributed by atoms with van der Waals surface area (Å²) in [6.45, 7) is 2.27. The molecular weight excluding hydrogens is 352 g/mol. The lowest BCUT2D eigenvalue weighted by Gasteiger charge is -2.32. The van der Waals surface area contributed by atoms with Crippen molar-refractivity contribution in [3.63, 3.8) is 0 Å². The number of nitrogens with zero attached hydrogens (tertiary/aromatic N) is 4. The van der Waals surface area contributed by atoms with Gasteiger partial charge in [-0.2, -0.15) is 0 Å². The van der Waals surface area contributed by atoms with Crippen LogP contribution in [0, 0.1) is 0 Å². The Morgan fingerprint density at radius 2 is 1.89 bits per heavy atom. The molecule has 1 fully saturated rings. The number of hydrogen-bond donors (Lipinski definition) is 0. The van der Waals surface area contributed by atoms with Gasteiger partial charge in [-0.25, -0.2) is 0 Å². The van der Waals surface area contributed by atoms with Gasteiger partial charge in [-0.15, -0.1) is 0 Å². The van der Waals surface area contributed by atoms with Crippen LogP contribution in [0.5, 0.6) is 0 Å². The summed E-state index contributed by atoms with van der Waals surface area (Å²) in [6.07, 6.45) is 5.16. The summed E-state index contributed by atoms with van der Waals surface area (Å²) in [5.74, 6) is 1.12. The molecule has 0 bridgehead atoms. The van der Waals surface area contributed by atoms with Crippen LogP contribution in [-0.4, -0.2) is 31.4 Å². The summed E-state index contributed by atoms with van der Waals surface area (Å²) in [4.78, 5) is 12.3. The van der Waals surface area contributed by atoms with E-state index in [2.05, 4.69) is 82.2 Å². The lowest BCUT2D eigenvalue weighted by atomic mass is 9.99. The van der Waals surface area contributed by atoms with Crippen LogP contribution in [0.1, 0.15) is 36.8 Å². The molecule has 0 aliphatic carbocycles. The van der Waals surface area contributed by atoms with Crippen molar-refractivity contribution in [1.29, 1.82) is 0 Å². The fourth-order valence-electron chi connectivity index (χ4n) is 4.13. The van der Waals surface area contributed by atoms with Crippen molar-refractivity contribution in [2.75, 3.05) is 5.75 Å². The van der Waals surface area contributed by atoms with Crippen molar-refractivity contribution in [3.8, 4) is 5.69 Å². The number of amidine groups is 1. The van der Waals surface area contributed by atoms with Crippen LogP contribution in [0.25, 0.3) is 5.69 Å². The Hall–Kier alpha value is -2.53. The number of pyridine rings is 1. The Kier molecular flexibility index (Phi) is 4.24. The lowest BCUT2D eigenvalue weighted by molar-refractivity contribution is 0.249. The second-order valence-electron chi connectivity index (χ2n) is 6.97. The third kappa shape index (κ3) is 2.77. The normalized spacial score (nSPS) is 24.1. The van der Waals surface area contributed by atoms with Crippen molar-refractivity contribution in [3.05, 3.63) is 84.4 Å². The molecule has 136 valence electrons. The van der Waals surface area contributed by atoms with E-state index in [0.717, 1.165) is 17.9 Å². The van der Waals surface area contributed by atoms with Gasteiger partial charge < -0.3 is 9.47 Å². The van der Waals surface area contributed by atoms with E-state index in [9.17, 15) is 0 Å². The standard InChI is InChI=1S/C22H22N4S/c1-2-16-15-27-22-24-20(18-11-6-7-13-23-18)21(26(16)22)19-12-8-14-25(19)17-9-4-3-5-10-17/h3-14,16,20-21H,2,15H2,1H3/t16-,20-,21-/m1/s1. The summed E-state index contributed by atoms with van der Waals surface area (Å²) >= 11 is 1.89. The molecule has 3 aromatic rings. The third-order valence-electron chi connectivity index (χ3n) is 5.45. The number of rotatable bonds is 4. The molecule has 0 spiro atoms. The number of aliphatic imine (C=N–C) groups is 1. The van der Waals surface area contributed by atoms with E-state index in [1.807, 2.05) is 24.0 Å². The van der Waals surface area contributed by atoms with Gasteiger partial charge in [-0.1, -0.05) is 43.0 Å². The molecule has 3 atom stereocenters. The number of thioether (sulfide) groups is 1. The van der Waals surface area contributed by atoms with Crippen LogP contribution in [0.4, 0.5) is 0 Å². The molecule has 4 heterocycles. The minimum absolute atomic E-state index is 0.0282. The minimum atomic E-state index is 0.0282. The second-order valence-corrected chi connectivity index (χ2v) is 7.96. The monoisotopic (exact) mass is 374 g/mol. The zero-order valence-corrected chi connectivity index (χ0v) is 16.1. The molecule has 0 radical (unpaired) electrons. The molecule has 0 N–H and O–H groups in total. The highest BCUT2D eigenvalue weighted by Crippen LogP contribution is 2.48. The highest BCUT2D eigenvalue weighted by Gasteiger charge is 2.46. The first-order chi connectivity index (χ1) is 13.4. The summed E-state index contributed by atoms with van der Waals surface area (Å²) < 4.78 is 2.30. The Morgan fingerprint density at radius 1 is 1.04 bits per heavy atom. The molecule has 5 rings (SSSR count). The first-order valence-corrected chi connectivity index (χ1v) is 10.5. The van der Waals surface area contributed by atoms with E-state index in [0.29, 0.717) is 6.04 Å². The quantitative estimate of drug-likeness (QED) is 0.654. The average Bonchev–Trinajstić information content (AvgIpc) is 3.44. The topological polar surface area (TPSA) is 33.4 Å². The predicted molar refractivity (Wildman–Crippen MR) is 111 cm³/mol. The minimum Gasteiger partial charge on any atom is -0.337 e. The zero-order chi connectivity index (χ0) is 18.2. The van der Waals surface area contributed by atoms with Gasteiger partial charge in [0, 0.05) is 35.6 Å². The summed E-state index contributed by atoms with van der Waals surface area (Å²) in [5.41, 5.74) is 3.50. The van der Waals surface area contributed by atoms with Crippen LogP contribution in [0.3, 0.4) is 0 Å².